The number of rotatable bonds is 5. The minimum absolute atomic E-state index is 0.890. The normalized spacial score (nSPS) is 11.6. The van der Waals surface area contributed by atoms with Gasteiger partial charge in [0.05, 0.1) is 27.8 Å². The van der Waals surface area contributed by atoms with E-state index < -0.39 is 0 Å². The quantitative estimate of drug-likeness (QED) is 0.188. The van der Waals surface area contributed by atoms with Gasteiger partial charge in [-0.3, -0.25) is 9.13 Å². The van der Waals surface area contributed by atoms with E-state index in [9.17, 15) is 0 Å². The van der Waals surface area contributed by atoms with Crippen molar-refractivity contribution in [3.63, 3.8) is 0 Å². The van der Waals surface area contributed by atoms with E-state index in [1.54, 1.807) is 0 Å². The Balaban J connectivity index is 1.23. The van der Waals surface area contributed by atoms with Crippen LogP contribution in [0.5, 0.6) is 0 Å². The van der Waals surface area contributed by atoms with E-state index in [4.69, 9.17) is 9.97 Å². The van der Waals surface area contributed by atoms with Crippen LogP contribution < -0.4 is 0 Å². The lowest BCUT2D eigenvalue weighted by molar-refractivity contribution is 1.08. The molecule has 4 heteroatoms. The van der Waals surface area contributed by atoms with Crippen LogP contribution in [0.25, 0.3) is 88.8 Å². The molecule has 4 aromatic heterocycles. The van der Waals surface area contributed by atoms with Gasteiger partial charge in [-0.15, -0.1) is 0 Å². The molecule has 10 rings (SSSR count). The second-order valence-electron chi connectivity index (χ2n) is 12.7. The first-order valence-corrected chi connectivity index (χ1v) is 16.9. The van der Waals surface area contributed by atoms with Gasteiger partial charge >= 0.3 is 0 Å². The summed E-state index contributed by atoms with van der Waals surface area (Å²) in [6.07, 6.45) is 1.86. The molecule has 0 unspecified atom stereocenters. The fourth-order valence-corrected chi connectivity index (χ4v) is 7.55. The molecule has 50 heavy (non-hydrogen) atoms. The first-order chi connectivity index (χ1) is 24.8. The van der Waals surface area contributed by atoms with Crippen molar-refractivity contribution in [1.29, 1.82) is 0 Å². The van der Waals surface area contributed by atoms with Crippen molar-refractivity contribution < 1.29 is 0 Å². The molecule has 0 bridgehead atoms. The molecule has 4 nitrogen and oxygen atoms in total. The Labute approximate surface area is 289 Å². The van der Waals surface area contributed by atoms with E-state index in [2.05, 4.69) is 173 Å². The minimum atomic E-state index is 0.890. The molecule has 4 heterocycles. The highest BCUT2D eigenvalue weighted by Gasteiger charge is 2.20. The molecule has 0 spiro atoms. The lowest BCUT2D eigenvalue weighted by atomic mass is 10.00. The molecule has 0 saturated heterocycles. The highest BCUT2D eigenvalue weighted by Crippen LogP contribution is 2.41. The fourth-order valence-electron chi connectivity index (χ4n) is 7.55. The zero-order chi connectivity index (χ0) is 33.0. The molecule has 0 atom stereocenters. The Morgan fingerprint density at radius 1 is 0.360 bits per heavy atom. The molecule has 0 amide bonds. The van der Waals surface area contributed by atoms with Gasteiger partial charge in [-0.05, 0) is 65.2 Å². The van der Waals surface area contributed by atoms with Crippen molar-refractivity contribution in [3.05, 3.63) is 182 Å². The molecule has 10 aromatic rings. The van der Waals surface area contributed by atoms with Crippen LogP contribution in [0.3, 0.4) is 0 Å². The second kappa shape index (κ2) is 11.4. The van der Waals surface area contributed by atoms with E-state index in [1.165, 1.54) is 27.1 Å². The molecule has 0 saturated carbocycles. The van der Waals surface area contributed by atoms with Crippen LogP contribution in [-0.4, -0.2) is 19.1 Å². The van der Waals surface area contributed by atoms with Gasteiger partial charge in [0, 0.05) is 38.9 Å². The van der Waals surface area contributed by atoms with Gasteiger partial charge in [-0.1, -0.05) is 127 Å². The summed E-state index contributed by atoms with van der Waals surface area (Å²) in [5.41, 5.74) is 11.2. The van der Waals surface area contributed by atoms with Gasteiger partial charge in [-0.2, -0.15) is 0 Å². The third-order valence-corrected chi connectivity index (χ3v) is 9.77. The number of hydrogen-bond donors (Lipinski definition) is 0. The third-order valence-electron chi connectivity index (χ3n) is 9.77. The lowest BCUT2D eigenvalue weighted by Crippen LogP contribution is -2.00. The first-order valence-electron chi connectivity index (χ1n) is 16.9. The van der Waals surface area contributed by atoms with Gasteiger partial charge in [-0.25, -0.2) is 9.97 Å². The van der Waals surface area contributed by atoms with Crippen LogP contribution >= 0.6 is 0 Å². The Morgan fingerprint density at radius 2 is 1.00 bits per heavy atom. The lowest BCUT2D eigenvalue weighted by Gasteiger charge is -2.13. The van der Waals surface area contributed by atoms with Crippen molar-refractivity contribution in [2.75, 3.05) is 0 Å². The third kappa shape index (κ3) is 4.46. The van der Waals surface area contributed by atoms with Gasteiger partial charge in [0.1, 0.15) is 11.6 Å². The molecule has 0 fully saturated rings. The molecule has 0 aliphatic rings. The maximum absolute atomic E-state index is 5.32. The summed E-state index contributed by atoms with van der Waals surface area (Å²) in [7, 11) is 0. The molecular formula is C46H30N4. The zero-order valence-electron chi connectivity index (χ0n) is 27.1. The van der Waals surface area contributed by atoms with E-state index in [-0.39, 0.29) is 0 Å². The summed E-state index contributed by atoms with van der Waals surface area (Å²) < 4.78 is 4.62. The topological polar surface area (TPSA) is 35.6 Å². The van der Waals surface area contributed by atoms with Crippen molar-refractivity contribution in [2.24, 2.45) is 0 Å². The van der Waals surface area contributed by atoms with Crippen molar-refractivity contribution in [3.8, 4) is 45.1 Å². The number of aromatic nitrogens is 4. The largest absolute Gasteiger partial charge is 0.294 e. The summed E-state index contributed by atoms with van der Waals surface area (Å²) >= 11 is 0. The summed E-state index contributed by atoms with van der Waals surface area (Å²) in [4.78, 5) is 10.1. The van der Waals surface area contributed by atoms with Crippen LogP contribution in [0.4, 0.5) is 0 Å². The van der Waals surface area contributed by atoms with Crippen LogP contribution in [0.15, 0.2) is 182 Å². The van der Waals surface area contributed by atoms with E-state index >= 15 is 0 Å². The molecule has 0 radical (unpaired) electrons. The molecule has 0 N–H and O–H groups in total. The predicted octanol–water partition coefficient (Wildman–Crippen LogP) is 11.7. The molecule has 0 aliphatic heterocycles. The maximum atomic E-state index is 5.32. The average molecular weight is 639 g/mol. The van der Waals surface area contributed by atoms with Crippen LogP contribution in [0, 0.1) is 0 Å². The molecule has 6 aromatic carbocycles. The SMILES string of the molecule is c1ccc(-c2cc(-c3ccccc3)nc(-n3c4ccccc4c4cc(-c5cccc6c7ccccc7n(-c7ccccn7)c56)ccc43)c2)cc1. The smallest absolute Gasteiger partial charge is 0.138 e. The average Bonchev–Trinajstić information content (AvgIpc) is 3.71. The van der Waals surface area contributed by atoms with Crippen molar-refractivity contribution in [2.45, 2.75) is 0 Å². The number of pyridine rings is 2. The van der Waals surface area contributed by atoms with E-state index in [0.717, 1.165) is 61.7 Å². The van der Waals surface area contributed by atoms with Gasteiger partial charge in [0.2, 0.25) is 0 Å². The number of benzene rings is 6. The highest BCUT2D eigenvalue weighted by atomic mass is 15.1. The standard InChI is InChI=1S/C46H30N4/c1-3-14-31(15-4-1)34-29-40(32-16-5-2-6-17-32)48-45(30-34)49-41-22-9-8-19-37(41)39-28-33(25-26-43(39)49)35-20-13-21-38-36-18-7-10-23-42(36)50(46(35)38)44-24-11-12-27-47-44/h1-30H. The number of hydrogen-bond acceptors (Lipinski definition) is 2. The summed E-state index contributed by atoms with van der Waals surface area (Å²) in [5.74, 6) is 1.80. The second-order valence-corrected chi connectivity index (χ2v) is 12.7. The van der Waals surface area contributed by atoms with Crippen molar-refractivity contribution >= 4 is 43.6 Å². The number of para-hydroxylation sites is 3. The minimum Gasteiger partial charge on any atom is -0.294 e. The van der Waals surface area contributed by atoms with Gasteiger partial charge in [0.15, 0.2) is 0 Å². The molecular weight excluding hydrogens is 609 g/mol. The highest BCUT2D eigenvalue weighted by molar-refractivity contribution is 6.15. The summed E-state index contributed by atoms with van der Waals surface area (Å²) in [5, 5.41) is 4.80. The Bertz CT molecular complexity index is 2790. The Morgan fingerprint density at radius 3 is 1.76 bits per heavy atom. The Hall–Kier alpha value is -6.78. The molecule has 234 valence electrons. The first kappa shape index (κ1) is 28.3. The van der Waals surface area contributed by atoms with Crippen LogP contribution in [0.1, 0.15) is 0 Å². The van der Waals surface area contributed by atoms with Crippen LogP contribution in [-0.2, 0) is 0 Å². The maximum Gasteiger partial charge on any atom is 0.138 e. The van der Waals surface area contributed by atoms with Crippen LogP contribution in [0.2, 0.25) is 0 Å². The monoisotopic (exact) mass is 638 g/mol. The number of fused-ring (bicyclic) bond motifs is 6. The fraction of sp³-hybridized carbons (Fsp3) is 0. The predicted molar refractivity (Wildman–Crippen MR) is 207 cm³/mol. The van der Waals surface area contributed by atoms with Gasteiger partial charge in [0.25, 0.3) is 0 Å². The number of nitrogens with zero attached hydrogens (tertiary/aromatic N) is 4. The molecule has 0 aliphatic carbocycles. The van der Waals surface area contributed by atoms with E-state index in [1.807, 2.05) is 18.3 Å². The summed E-state index contributed by atoms with van der Waals surface area (Å²) in [6.45, 7) is 0. The van der Waals surface area contributed by atoms with E-state index in [0.29, 0.717) is 0 Å². The Kier molecular flexibility index (Phi) is 6.46. The zero-order valence-corrected chi connectivity index (χ0v) is 27.1. The van der Waals surface area contributed by atoms with Crippen molar-refractivity contribution in [1.82, 2.24) is 19.1 Å². The summed E-state index contributed by atoms with van der Waals surface area (Å²) in [6, 6.07) is 62.3. The van der Waals surface area contributed by atoms with Gasteiger partial charge < -0.3 is 0 Å².